The summed E-state index contributed by atoms with van der Waals surface area (Å²) in [6, 6.07) is 6.48. The van der Waals surface area contributed by atoms with E-state index in [1.807, 2.05) is 7.05 Å². The Bertz CT molecular complexity index is 914. The molecule has 142 valence electrons. The van der Waals surface area contributed by atoms with Gasteiger partial charge in [0.1, 0.15) is 11.6 Å². The Morgan fingerprint density at radius 3 is 2.52 bits per heavy atom. The van der Waals surface area contributed by atoms with Crippen LogP contribution in [0, 0.1) is 5.82 Å². The maximum absolute atomic E-state index is 13.1. The molecule has 0 bridgehead atoms. The average Bonchev–Trinajstić information content (AvgIpc) is 3.08. The molecule has 1 aromatic carbocycles. The fraction of sp³-hybridized carbons (Fsp3) is 0.421. The number of piperazine rings is 1. The summed E-state index contributed by atoms with van der Waals surface area (Å²) in [7, 11) is 1.89. The number of hydrogen-bond donors (Lipinski definition) is 1. The smallest absolute Gasteiger partial charge is 0.229 e. The van der Waals surface area contributed by atoms with Gasteiger partial charge in [-0.2, -0.15) is 15.1 Å². The van der Waals surface area contributed by atoms with Gasteiger partial charge in [-0.1, -0.05) is 19.1 Å². The molecule has 3 heterocycles. The number of anilines is 2. The number of likely N-dealkylation sites (N-methyl/N-ethyl adjacent to an activating group) is 1. The van der Waals surface area contributed by atoms with Gasteiger partial charge in [-0.05, 0) is 24.2 Å². The van der Waals surface area contributed by atoms with Crippen LogP contribution in [0.4, 0.5) is 16.2 Å². The van der Waals surface area contributed by atoms with E-state index in [1.54, 1.807) is 23.0 Å². The summed E-state index contributed by atoms with van der Waals surface area (Å²) in [5, 5.41) is 8.59. The van der Waals surface area contributed by atoms with Crippen LogP contribution in [-0.2, 0) is 13.6 Å². The molecule has 1 N–H and O–H groups in total. The quantitative estimate of drug-likeness (QED) is 0.744. The van der Waals surface area contributed by atoms with Gasteiger partial charge < -0.3 is 15.1 Å². The summed E-state index contributed by atoms with van der Waals surface area (Å²) in [5.41, 5.74) is 1.80. The lowest BCUT2D eigenvalue weighted by Gasteiger charge is -2.34. The van der Waals surface area contributed by atoms with Gasteiger partial charge in [-0.15, -0.1) is 0 Å². The zero-order chi connectivity index (χ0) is 18.8. The maximum Gasteiger partial charge on any atom is 0.229 e. The minimum atomic E-state index is -0.232. The standard InChI is InChI=1S/C19H24FN7/c1-3-26-8-10-27(11-9-26)19-23-17(16-13-22-25(2)18(16)24-19)21-12-14-4-6-15(20)7-5-14/h4-7,13H,3,8-12H2,1-2H3,(H,21,23,24). The van der Waals surface area contributed by atoms with Crippen LogP contribution in [0.2, 0.25) is 0 Å². The van der Waals surface area contributed by atoms with E-state index in [0.29, 0.717) is 6.54 Å². The van der Waals surface area contributed by atoms with Gasteiger partial charge in [0.2, 0.25) is 5.95 Å². The van der Waals surface area contributed by atoms with Crippen molar-refractivity contribution >= 4 is 22.8 Å². The lowest BCUT2D eigenvalue weighted by Crippen LogP contribution is -2.46. The van der Waals surface area contributed by atoms with Crippen molar-refractivity contribution in [1.82, 2.24) is 24.6 Å². The highest BCUT2D eigenvalue weighted by molar-refractivity contribution is 5.87. The predicted molar refractivity (Wildman–Crippen MR) is 104 cm³/mol. The number of hydrogen-bond acceptors (Lipinski definition) is 6. The molecule has 1 fully saturated rings. The molecule has 8 heteroatoms. The molecule has 3 aromatic rings. The first-order chi connectivity index (χ1) is 13.1. The van der Waals surface area contributed by atoms with Crippen LogP contribution in [0.3, 0.4) is 0 Å². The van der Waals surface area contributed by atoms with Crippen LogP contribution in [0.5, 0.6) is 0 Å². The number of nitrogens with one attached hydrogen (secondary N) is 1. The number of fused-ring (bicyclic) bond motifs is 1. The van der Waals surface area contributed by atoms with E-state index in [9.17, 15) is 4.39 Å². The van der Waals surface area contributed by atoms with Crippen LogP contribution < -0.4 is 10.2 Å². The van der Waals surface area contributed by atoms with Crippen molar-refractivity contribution in [3.63, 3.8) is 0 Å². The van der Waals surface area contributed by atoms with E-state index in [4.69, 9.17) is 9.97 Å². The molecular formula is C19H24FN7. The van der Waals surface area contributed by atoms with E-state index < -0.39 is 0 Å². The highest BCUT2D eigenvalue weighted by atomic mass is 19.1. The van der Waals surface area contributed by atoms with Gasteiger partial charge in [0, 0.05) is 39.8 Å². The monoisotopic (exact) mass is 369 g/mol. The van der Waals surface area contributed by atoms with Crippen LogP contribution in [0.25, 0.3) is 11.0 Å². The van der Waals surface area contributed by atoms with E-state index in [-0.39, 0.29) is 5.82 Å². The molecule has 1 aliphatic rings. The maximum atomic E-state index is 13.1. The van der Waals surface area contributed by atoms with E-state index in [0.717, 1.165) is 61.1 Å². The van der Waals surface area contributed by atoms with Crippen LogP contribution in [0.15, 0.2) is 30.5 Å². The summed E-state index contributed by atoms with van der Waals surface area (Å²) < 4.78 is 14.9. The number of halogens is 1. The van der Waals surface area contributed by atoms with Crippen molar-refractivity contribution in [2.45, 2.75) is 13.5 Å². The third-order valence-electron chi connectivity index (χ3n) is 5.06. The Kier molecular flexibility index (Phi) is 4.89. The zero-order valence-electron chi connectivity index (χ0n) is 15.7. The molecule has 0 unspecified atom stereocenters. The van der Waals surface area contributed by atoms with Crippen LogP contribution in [0.1, 0.15) is 12.5 Å². The van der Waals surface area contributed by atoms with Crippen molar-refractivity contribution in [3.8, 4) is 0 Å². The van der Waals surface area contributed by atoms with Gasteiger partial charge >= 0.3 is 0 Å². The molecule has 0 atom stereocenters. The fourth-order valence-electron chi connectivity index (χ4n) is 3.34. The topological polar surface area (TPSA) is 62.1 Å². The Balaban J connectivity index is 1.60. The van der Waals surface area contributed by atoms with E-state index in [2.05, 4.69) is 27.1 Å². The summed E-state index contributed by atoms with van der Waals surface area (Å²) in [6.45, 7) is 7.67. The number of benzene rings is 1. The van der Waals surface area contributed by atoms with Crippen molar-refractivity contribution < 1.29 is 4.39 Å². The van der Waals surface area contributed by atoms with E-state index >= 15 is 0 Å². The fourth-order valence-corrected chi connectivity index (χ4v) is 3.34. The van der Waals surface area contributed by atoms with E-state index in [1.165, 1.54) is 12.1 Å². The molecule has 0 radical (unpaired) electrons. The van der Waals surface area contributed by atoms with Crippen molar-refractivity contribution in [1.29, 1.82) is 0 Å². The summed E-state index contributed by atoms with van der Waals surface area (Å²) in [6.07, 6.45) is 1.78. The minimum absolute atomic E-state index is 0.232. The Morgan fingerprint density at radius 1 is 1.07 bits per heavy atom. The number of aryl methyl sites for hydroxylation is 1. The zero-order valence-corrected chi connectivity index (χ0v) is 15.7. The first kappa shape index (κ1) is 17.7. The first-order valence-corrected chi connectivity index (χ1v) is 9.29. The van der Waals surface area contributed by atoms with Gasteiger partial charge in [0.15, 0.2) is 5.65 Å². The van der Waals surface area contributed by atoms with Crippen molar-refractivity contribution in [2.75, 3.05) is 42.9 Å². The molecule has 1 aliphatic heterocycles. The number of rotatable bonds is 5. The number of nitrogens with zero attached hydrogens (tertiary/aromatic N) is 6. The Hall–Kier alpha value is -2.74. The third kappa shape index (κ3) is 3.71. The Labute approximate surface area is 157 Å². The lowest BCUT2D eigenvalue weighted by molar-refractivity contribution is 0.270. The normalized spacial score (nSPS) is 15.4. The SMILES string of the molecule is CCN1CCN(c2nc(NCc3ccc(F)cc3)c3cnn(C)c3n2)CC1. The molecule has 7 nitrogen and oxygen atoms in total. The highest BCUT2D eigenvalue weighted by Gasteiger charge is 2.20. The molecule has 0 amide bonds. The van der Waals surface area contributed by atoms with Crippen molar-refractivity contribution in [2.24, 2.45) is 7.05 Å². The summed E-state index contributed by atoms with van der Waals surface area (Å²) >= 11 is 0. The highest BCUT2D eigenvalue weighted by Crippen LogP contribution is 2.24. The minimum Gasteiger partial charge on any atom is -0.365 e. The number of aromatic nitrogens is 4. The lowest BCUT2D eigenvalue weighted by atomic mass is 10.2. The molecule has 0 saturated carbocycles. The van der Waals surface area contributed by atoms with Gasteiger partial charge in [0.25, 0.3) is 0 Å². The molecule has 27 heavy (non-hydrogen) atoms. The molecular weight excluding hydrogens is 345 g/mol. The Morgan fingerprint density at radius 2 is 1.81 bits per heavy atom. The second-order valence-corrected chi connectivity index (χ2v) is 6.78. The van der Waals surface area contributed by atoms with Gasteiger partial charge in [0.05, 0.1) is 11.6 Å². The van der Waals surface area contributed by atoms with Gasteiger partial charge in [-0.3, -0.25) is 4.68 Å². The third-order valence-corrected chi connectivity index (χ3v) is 5.06. The largest absolute Gasteiger partial charge is 0.365 e. The molecule has 0 spiro atoms. The second kappa shape index (κ2) is 7.48. The predicted octanol–water partition coefficient (Wildman–Crippen LogP) is 2.26. The summed E-state index contributed by atoms with van der Waals surface area (Å²) in [4.78, 5) is 14.2. The first-order valence-electron chi connectivity index (χ1n) is 9.29. The van der Waals surface area contributed by atoms with Crippen molar-refractivity contribution in [3.05, 3.63) is 41.8 Å². The summed E-state index contributed by atoms with van der Waals surface area (Å²) in [5.74, 6) is 1.25. The van der Waals surface area contributed by atoms with Crippen LogP contribution in [-0.4, -0.2) is 57.4 Å². The molecule has 1 saturated heterocycles. The molecule has 2 aromatic heterocycles. The van der Waals surface area contributed by atoms with Gasteiger partial charge in [-0.25, -0.2) is 4.39 Å². The average molecular weight is 369 g/mol. The van der Waals surface area contributed by atoms with Crippen LogP contribution >= 0.6 is 0 Å². The molecule has 4 rings (SSSR count). The molecule has 0 aliphatic carbocycles. The second-order valence-electron chi connectivity index (χ2n) is 6.78.